The van der Waals surface area contributed by atoms with Gasteiger partial charge in [-0.1, -0.05) is 21.6 Å². The highest BCUT2D eigenvalue weighted by molar-refractivity contribution is 8.76. The number of H-pyrrole nitrogens is 1. The molecule has 0 aromatic carbocycles. The van der Waals surface area contributed by atoms with Gasteiger partial charge in [-0.3, -0.25) is 18.9 Å². The van der Waals surface area contributed by atoms with Crippen molar-refractivity contribution in [2.24, 2.45) is 0 Å². The normalized spacial score (nSPS) is 25.6. The van der Waals surface area contributed by atoms with Crippen molar-refractivity contribution >= 4 is 45.1 Å². The number of nitrogens with one attached hydrogen (secondary N) is 1. The summed E-state index contributed by atoms with van der Waals surface area (Å²) < 4.78 is 58.9. The molecular weight excluding hydrogens is 565 g/mol. The van der Waals surface area contributed by atoms with Gasteiger partial charge < -0.3 is 29.0 Å². The Morgan fingerprint density at radius 2 is 1.85 bits per heavy atom. The molecule has 6 atom stereocenters. The Bertz CT molecular complexity index is 1120. The van der Waals surface area contributed by atoms with E-state index < -0.39 is 59.8 Å². The van der Waals surface area contributed by atoms with Crippen molar-refractivity contribution in [3.8, 4) is 0 Å². The standard InChI is InChI=1S/C13H23N2O14P3S2/c1-7-5-15(13(17)14-12(7)16)11-4-9(26-8(2)34-33-3)10(27-11)6-25-31(21,22)29-32(23,24)28-30(18,19)20/h5,8-11H,4,6H2,1-3H3,(H,21,22)(H,23,24)(H,14,16,17)(H2,18,19,20). The number of rotatable bonds is 12. The molecule has 1 saturated heterocycles. The van der Waals surface area contributed by atoms with Crippen molar-refractivity contribution in [1.82, 2.24) is 9.55 Å². The van der Waals surface area contributed by atoms with Crippen molar-refractivity contribution in [3.05, 3.63) is 32.6 Å². The van der Waals surface area contributed by atoms with Gasteiger partial charge in [0.1, 0.15) is 17.8 Å². The maximum Gasteiger partial charge on any atom is 0.490 e. The number of phosphoric acid groups is 3. The van der Waals surface area contributed by atoms with Gasteiger partial charge in [0.15, 0.2) is 0 Å². The minimum Gasteiger partial charge on any atom is -0.361 e. The average Bonchev–Trinajstić information content (AvgIpc) is 3.02. The Morgan fingerprint density at radius 3 is 2.44 bits per heavy atom. The quantitative estimate of drug-likeness (QED) is 0.131. The van der Waals surface area contributed by atoms with Crippen molar-refractivity contribution in [2.75, 3.05) is 12.9 Å². The van der Waals surface area contributed by atoms with Crippen LogP contribution in [0.4, 0.5) is 0 Å². The third-order valence-corrected chi connectivity index (χ3v) is 9.82. The predicted octanol–water partition coefficient (Wildman–Crippen LogP) is 1.22. The first-order chi connectivity index (χ1) is 15.5. The third kappa shape index (κ3) is 9.30. The van der Waals surface area contributed by atoms with E-state index in [0.717, 1.165) is 4.57 Å². The van der Waals surface area contributed by atoms with E-state index in [1.807, 2.05) is 6.26 Å². The molecule has 21 heteroatoms. The Kier molecular flexibility index (Phi) is 10.4. The number of hydrogen-bond acceptors (Lipinski definition) is 12. The summed E-state index contributed by atoms with van der Waals surface area (Å²) >= 11 is 0. The molecular formula is C13H23N2O14P3S2. The third-order valence-electron chi connectivity index (χ3n) is 4.05. The summed E-state index contributed by atoms with van der Waals surface area (Å²) in [5.74, 6) is 0. The largest absolute Gasteiger partial charge is 0.490 e. The molecule has 1 fully saturated rings. The van der Waals surface area contributed by atoms with Gasteiger partial charge in [-0.25, -0.2) is 18.5 Å². The zero-order valence-electron chi connectivity index (χ0n) is 17.8. The van der Waals surface area contributed by atoms with Crippen LogP contribution in [0.25, 0.3) is 0 Å². The lowest BCUT2D eigenvalue weighted by Crippen LogP contribution is -2.33. The highest BCUT2D eigenvalue weighted by Crippen LogP contribution is 2.66. The van der Waals surface area contributed by atoms with E-state index in [4.69, 9.17) is 19.3 Å². The van der Waals surface area contributed by atoms with Crippen molar-refractivity contribution in [3.63, 3.8) is 0 Å². The minimum absolute atomic E-state index is 0.0646. The maximum atomic E-state index is 12.2. The summed E-state index contributed by atoms with van der Waals surface area (Å²) in [6, 6.07) is 0. The summed E-state index contributed by atoms with van der Waals surface area (Å²) in [6.07, 6.45) is 0.288. The first kappa shape index (κ1) is 29.9. The molecule has 196 valence electrons. The summed E-state index contributed by atoms with van der Waals surface area (Å²) in [4.78, 5) is 62.1. The number of phosphoric ester groups is 1. The lowest BCUT2D eigenvalue weighted by molar-refractivity contribution is -0.0634. The smallest absolute Gasteiger partial charge is 0.361 e. The van der Waals surface area contributed by atoms with Gasteiger partial charge in [-0.2, -0.15) is 8.62 Å². The maximum absolute atomic E-state index is 12.2. The van der Waals surface area contributed by atoms with E-state index in [0.29, 0.717) is 0 Å². The molecule has 2 heterocycles. The molecule has 0 bridgehead atoms. The highest BCUT2D eigenvalue weighted by Gasteiger charge is 2.44. The molecule has 1 aliphatic rings. The van der Waals surface area contributed by atoms with E-state index in [1.54, 1.807) is 6.92 Å². The second kappa shape index (κ2) is 11.8. The van der Waals surface area contributed by atoms with E-state index in [9.17, 15) is 33.1 Å². The van der Waals surface area contributed by atoms with Gasteiger partial charge in [0.05, 0.1) is 12.7 Å². The fourth-order valence-electron chi connectivity index (χ4n) is 2.84. The van der Waals surface area contributed by atoms with Crippen LogP contribution in [-0.2, 0) is 36.3 Å². The summed E-state index contributed by atoms with van der Waals surface area (Å²) in [6.45, 7) is 2.45. The van der Waals surface area contributed by atoms with Crippen molar-refractivity contribution < 1.29 is 55.9 Å². The van der Waals surface area contributed by atoms with Crippen LogP contribution in [0.3, 0.4) is 0 Å². The van der Waals surface area contributed by atoms with Crippen LogP contribution >= 0.6 is 45.1 Å². The van der Waals surface area contributed by atoms with Crippen molar-refractivity contribution in [1.29, 1.82) is 0 Å². The average molecular weight is 588 g/mol. The topological polar surface area (TPSA) is 233 Å². The lowest BCUT2D eigenvalue weighted by atomic mass is 10.2. The fraction of sp³-hybridized carbons (Fsp3) is 0.692. The molecule has 16 nitrogen and oxygen atoms in total. The first-order valence-corrected chi connectivity index (χ1v) is 16.3. The first-order valence-electron chi connectivity index (χ1n) is 9.13. The molecule has 1 aromatic rings. The van der Waals surface area contributed by atoms with E-state index >= 15 is 0 Å². The van der Waals surface area contributed by atoms with Gasteiger partial charge in [-0.15, -0.1) is 0 Å². The molecule has 0 radical (unpaired) electrons. The summed E-state index contributed by atoms with van der Waals surface area (Å²) in [5, 5.41) is 0. The van der Waals surface area contributed by atoms with Crippen LogP contribution in [-0.4, -0.2) is 59.6 Å². The van der Waals surface area contributed by atoms with E-state index in [1.165, 1.54) is 34.7 Å². The van der Waals surface area contributed by atoms with Crippen molar-refractivity contribution in [2.45, 2.75) is 44.1 Å². The zero-order chi connectivity index (χ0) is 25.9. The second-order valence-corrected chi connectivity index (χ2v) is 13.9. The zero-order valence-corrected chi connectivity index (χ0v) is 22.1. The van der Waals surface area contributed by atoms with Gasteiger partial charge >= 0.3 is 29.2 Å². The molecule has 1 aromatic heterocycles. The second-order valence-electron chi connectivity index (χ2n) is 6.74. The lowest BCUT2D eigenvalue weighted by Gasteiger charge is -2.23. The molecule has 1 aliphatic heterocycles. The number of ether oxygens (including phenoxy) is 2. The van der Waals surface area contributed by atoms with Crippen LogP contribution in [0.2, 0.25) is 0 Å². The van der Waals surface area contributed by atoms with Gasteiger partial charge in [0, 0.05) is 18.2 Å². The van der Waals surface area contributed by atoms with Gasteiger partial charge in [0.25, 0.3) is 5.56 Å². The summed E-state index contributed by atoms with van der Waals surface area (Å²) in [5.41, 5.74) is -1.50. The highest BCUT2D eigenvalue weighted by atomic mass is 33.1. The Balaban J connectivity index is 2.18. The molecule has 6 unspecified atom stereocenters. The SMILES string of the molecule is CSSC(C)OC1CC(n2cc(C)c(=O)[nH]c2=O)OC1COP(=O)(O)OP(=O)(O)OP(=O)(O)O. The molecule has 0 amide bonds. The van der Waals surface area contributed by atoms with Crippen LogP contribution in [0, 0.1) is 6.92 Å². The van der Waals surface area contributed by atoms with Gasteiger partial charge in [-0.05, 0) is 20.1 Å². The molecule has 2 rings (SSSR count). The fourth-order valence-corrected chi connectivity index (χ4v) is 7.28. The number of hydrogen-bond donors (Lipinski definition) is 5. The van der Waals surface area contributed by atoms with E-state index in [-0.39, 0.29) is 17.4 Å². The van der Waals surface area contributed by atoms with Crippen LogP contribution < -0.4 is 11.2 Å². The minimum atomic E-state index is -5.68. The number of aromatic amines is 1. The van der Waals surface area contributed by atoms with Gasteiger partial charge in [0.2, 0.25) is 0 Å². The van der Waals surface area contributed by atoms with Crippen LogP contribution in [0.5, 0.6) is 0 Å². The molecule has 5 N–H and O–H groups in total. The van der Waals surface area contributed by atoms with Crippen LogP contribution in [0.1, 0.15) is 25.1 Å². The molecule has 0 saturated carbocycles. The molecule has 0 aliphatic carbocycles. The number of aryl methyl sites for hydroxylation is 1. The summed E-state index contributed by atoms with van der Waals surface area (Å²) in [7, 11) is -13.8. The monoisotopic (exact) mass is 588 g/mol. The number of aromatic nitrogens is 2. The van der Waals surface area contributed by atoms with E-state index in [2.05, 4.69) is 18.1 Å². The predicted molar refractivity (Wildman–Crippen MR) is 120 cm³/mol. The Labute approximate surface area is 200 Å². The molecule has 34 heavy (non-hydrogen) atoms. The van der Waals surface area contributed by atoms with Crippen LogP contribution in [0.15, 0.2) is 15.8 Å². The Morgan fingerprint density at radius 1 is 1.21 bits per heavy atom. The number of nitrogens with zero attached hydrogens (tertiary/aromatic N) is 1. The molecule has 0 spiro atoms. The Hall–Kier alpha value is -0.290.